The molecule has 0 atom stereocenters. The summed E-state index contributed by atoms with van der Waals surface area (Å²) < 4.78 is 9.75. The van der Waals surface area contributed by atoms with E-state index >= 15 is 0 Å². The number of nitrogens with two attached hydrogens (primary N) is 1. The maximum atomic E-state index is 9.93. The fraction of sp³-hybridized carbons (Fsp3) is 0.917. The van der Waals surface area contributed by atoms with Crippen LogP contribution in [0.15, 0.2) is 0 Å². The molecule has 0 aliphatic heterocycles. The minimum absolute atomic E-state index is 0.0417. The predicted octanol–water partition coefficient (Wildman–Crippen LogP) is -0.406. The lowest BCUT2D eigenvalue weighted by Gasteiger charge is -2.01. The maximum absolute atomic E-state index is 9.93. The van der Waals surface area contributed by atoms with E-state index in [4.69, 9.17) is 30.5 Å². The van der Waals surface area contributed by atoms with Crippen LogP contribution >= 0.6 is 0 Å². The molecule has 0 radical (unpaired) electrons. The monoisotopic (exact) mass is 281 g/mol. The Kier molecular flexibility index (Phi) is 21.2. The van der Waals surface area contributed by atoms with E-state index in [1.807, 2.05) is 0 Å². The van der Waals surface area contributed by atoms with Crippen molar-refractivity contribution in [3.8, 4) is 0 Å². The van der Waals surface area contributed by atoms with Crippen molar-refractivity contribution in [2.45, 2.75) is 25.7 Å². The molecule has 116 valence electrons. The van der Waals surface area contributed by atoms with Gasteiger partial charge in [-0.05, 0) is 19.4 Å². The van der Waals surface area contributed by atoms with Gasteiger partial charge < -0.3 is 30.5 Å². The van der Waals surface area contributed by atoms with Gasteiger partial charge in [0.05, 0.1) is 39.6 Å². The Bertz CT molecular complexity index is 172. The van der Waals surface area contributed by atoms with E-state index in [1.54, 1.807) is 0 Å². The number of carboxylic acids is 1. The van der Waals surface area contributed by atoms with Crippen LogP contribution < -0.4 is 5.73 Å². The van der Waals surface area contributed by atoms with Gasteiger partial charge in [0.15, 0.2) is 0 Å². The highest BCUT2D eigenvalue weighted by molar-refractivity contribution is 5.66. The number of aliphatic hydroxyl groups is 2. The highest BCUT2D eigenvalue weighted by Crippen LogP contribution is 1.97. The van der Waals surface area contributed by atoms with Crippen molar-refractivity contribution >= 4 is 5.97 Å². The molecule has 0 bridgehead atoms. The molecule has 0 aromatic carbocycles. The Labute approximate surface area is 114 Å². The summed E-state index contributed by atoms with van der Waals surface area (Å²) in [6.45, 7) is 2.39. The normalized spacial score (nSPS) is 9.84. The zero-order valence-corrected chi connectivity index (χ0v) is 11.4. The molecule has 0 amide bonds. The zero-order valence-electron chi connectivity index (χ0n) is 11.4. The van der Waals surface area contributed by atoms with E-state index in [9.17, 15) is 4.79 Å². The van der Waals surface area contributed by atoms with Crippen LogP contribution in [0.25, 0.3) is 0 Å². The molecule has 0 spiro atoms. The van der Waals surface area contributed by atoms with E-state index in [1.165, 1.54) is 0 Å². The lowest BCUT2D eigenvalue weighted by Crippen LogP contribution is -2.09. The summed E-state index contributed by atoms with van der Waals surface area (Å²) in [5.74, 6) is -0.716. The second-order valence-corrected chi connectivity index (χ2v) is 3.67. The predicted molar refractivity (Wildman–Crippen MR) is 71.0 cm³/mol. The number of aliphatic hydroxyl groups excluding tert-OH is 2. The van der Waals surface area contributed by atoms with Gasteiger partial charge in [0.25, 0.3) is 0 Å². The third-order valence-electron chi connectivity index (χ3n) is 1.94. The van der Waals surface area contributed by atoms with E-state index < -0.39 is 5.97 Å². The van der Waals surface area contributed by atoms with Crippen molar-refractivity contribution in [2.75, 3.05) is 46.2 Å². The van der Waals surface area contributed by atoms with Crippen molar-refractivity contribution in [2.24, 2.45) is 5.73 Å². The second-order valence-electron chi connectivity index (χ2n) is 3.67. The van der Waals surface area contributed by atoms with Gasteiger partial charge in [0.1, 0.15) is 0 Å². The van der Waals surface area contributed by atoms with E-state index in [2.05, 4.69) is 0 Å². The van der Waals surface area contributed by atoms with Gasteiger partial charge in [-0.25, -0.2) is 0 Å². The van der Waals surface area contributed by atoms with Crippen molar-refractivity contribution in [1.29, 1.82) is 0 Å². The molecule has 0 aliphatic carbocycles. The Morgan fingerprint density at radius 1 is 0.895 bits per heavy atom. The molecule has 0 heterocycles. The molecule has 0 fully saturated rings. The number of unbranched alkanes of at least 4 members (excludes halogenated alkanes) is 2. The number of hydrogen-bond acceptors (Lipinski definition) is 6. The number of carbonyl (C=O) groups is 1. The van der Waals surface area contributed by atoms with Gasteiger partial charge >= 0.3 is 5.97 Å². The molecule has 19 heavy (non-hydrogen) atoms. The Morgan fingerprint density at radius 2 is 1.42 bits per heavy atom. The summed E-state index contributed by atoms with van der Waals surface area (Å²) >= 11 is 0. The van der Waals surface area contributed by atoms with Crippen LogP contribution in [0.1, 0.15) is 25.7 Å². The van der Waals surface area contributed by atoms with Gasteiger partial charge in [0.2, 0.25) is 0 Å². The van der Waals surface area contributed by atoms with E-state index in [-0.39, 0.29) is 19.6 Å². The van der Waals surface area contributed by atoms with Crippen molar-refractivity contribution in [3.63, 3.8) is 0 Å². The topological polar surface area (TPSA) is 122 Å². The summed E-state index contributed by atoms with van der Waals surface area (Å²) in [5, 5.41) is 24.7. The third kappa shape index (κ3) is 26.7. The minimum Gasteiger partial charge on any atom is -0.481 e. The first-order valence-electron chi connectivity index (χ1n) is 6.48. The number of rotatable bonds is 12. The molecular formula is C12H27NO6. The first-order chi connectivity index (χ1) is 9.18. The maximum Gasteiger partial charge on any atom is 0.303 e. The average Bonchev–Trinajstić information content (AvgIpc) is 2.39. The summed E-state index contributed by atoms with van der Waals surface area (Å²) in [6.07, 6.45) is 2.91. The van der Waals surface area contributed by atoms with Gasteiger partial charge in [-0.1, -0.05) is 6.42 Å². The molecule has 0 saturated heterocycles. The lowest BCUT2D eigenvalue weighted by molar-refractivity contribution is -0.137. The van der Waals surface area contributed by atoms with Gasteiger partial charge in [-0.15, -0.1) is 0 Å². The standard InChI is InChI=1S/C6H13NO2.C6H14O4/c7-5-3-1-2-4-6(8)9;7-1-3-9-5-6-10-4-2-8/h1-5,7H2,(H,8,9);7-8H,1-6H2. The second kappa shape index (κ2) is 19.6. The molecule has 0 unspecified atom stereocenters. The third-order valence-corrected chi connectivity index (χ3v) is 1.94. The zero-order chi connectivity index (χ0) is 14.8. The van der Waals surface area contributed by atoms with E-state index in [0.29, 0.717) is 33.0 Å². The largest absolute Gasteiger partial charge is 0.481 e. The summed E-state index contributed by atoms with van der Waals surface area (Å²) in [5.41, 5.74) is 5.20. The highest BCUT2D eigenvalue weighted by atomic mass is 16.5. The molecule has 0 rings (SSSR count). The van der Waals surface area contributed by atoms with Crippen LogP contribution in [-0.4, -0.2) is 67.5 Å². The van der Waals surface area contributed by atoms with Crippen molar-refractivity contribution < 1.29 is 29.6 Å². The van der Waals surface area contributed by atoms with Gasteiger partial charge in [-0.2, -0.15) is 0 Å². The Hall–Kier alpha value is -0.730. The smallest absolute Gasteiger partial charge is 0.303 e. The lowest BCUT2D eigenvalue weighted by atomic mass is 10.2. The number of carboxylic acid groups (broad SMARTS) is 1. The minimum atomic E-state index is -0.716. The van der Waals surface area contributed by atoms with Crippen molar-refractivity contribution in [1.82, 2.24) is 0 Å². The first-order valence-corrected chi connectivity index (χ1v) is 6.48. The average molecular weight is 281 g/mol. The first kappa shape index (κ1) is 20.6. The molecule has 0 saturated carbocycles. The fourth-order valence-electron chi connectivity index (χ4n) is 1.05. The molecule has 7 nitrogen and oxygen atoms in total. The molecule has 0 aliphatic rings. The molecule has 0 aromatic heterocycles. The van der Waals surface area contributed by atoms with Crippen LogP contribution in [0.4, 0.5) is 0 Å². The quantitative estimate of drug-likeness (QED) is 0.359. The van der Waals surface area contributed by atoms with E-state index in [0.717, 1.165) is 19.3 Å². The van der Waals surface area contributed by atoms with Crippen LogP contribution in [0.5, 0.6) is 0 Å². The Balaban J connectivity index is 0. The summed E-state index contributed by atoms with van der Waals surface area (Å²) in [7, 11) is 0. The summed E-state index contributed by atoms with van der Waals surface area (Å²) in [6, 6.07) is 0. The Morgan fingerprint density at radius 3 is 1.79 bits per heavy atom. The highest BCUT2D eigenvalue weighted by Gasteiger charge is 1.94. The fourth-order valence-corrected chi connectivity index (χ4v) is 1.05. The van der Waals surface area contributed by atoms with Crippen LogP contribution in [0, 0.1) is 0 Å². The van der Waals surface area contributed by atoms with Crippen LogP contribution in [-0.2, 0) is 14.3 Å². The number of aliphatic carboxylic acids is 1. The number of hydrogen-bond donors (Lipinski definition) is 4. The summed E-state index contributed by atoms with van der Waals surface area (Å²) in [4.78, 5) is 9.93. The molecular weight excluding hydrogens is 254 g/mol. The number of ether oxygens (including phenoxy) is 2. The van der Waals surface area contributed by atoms with Crippen LogP contribution in [0.2, 0.25) is 0 Å². The molecule has 5 N–H and O–H groups in total. The molecule has 7 heteroatoms. The van der Waals surface area contributed by atoms with Gasteiger partial charge in [-0.3, -0.25) is 4.79 Å². The SMILES string of the molecule is NCCCCCC(=O)O.OCCOCCOCCO. The molecule has 0 aromatic rings. The van der Waals surface area contributed by atoms with Crippen molar-refractivity contribution in [3.05, 3.63) is 0 Å². The van der Waals surface area contributed by atoms with Gasteiger partial charge in [0, 0.05) is 6.42 Å². The van der Waals surface area contributed by atoms with Crippen LogP contribution in [0.3, 0.4) is 0 Å².